The monoisotopic (exact) mass is 522 g/mol. The van der Waals surface area contributed by atoms with Crippen molar-refractivity contribution >= 4 is 34.3 Å². The maximum absolute atomic E-state index is 13.8. The third-order valence-electron chi connectivity index (χ3n) is 7.82. The van der Waals surface area contributed by atoms with Crippen molar-refractivity contribution in [1.82, 2.24) is 19.3 Å². The molecule has 3 aromatic rings. The van der Waals surface area contributed by atoms with Crippen molar-refractivity contribution < 1.29 is 14.3 Å². The van der Waals surface area contributed by atoms with E-state index in [1.165, 1.54) is 0 Å². The van der Waals surface area contributed by atoms with Crippen molar-refractivity contribution in [3.05, 3.63) is 65.3 Å². The highest BCUT2D eigenvalue weighted by Gasteiger charge is 2.41. The molecule has 2 aliphatic rings. The lowest BCUT2D eigenvalue weighted by Gasteiger charge is -2.43. The Morgan fingerprint density at radius 3 is 2.43 bits per heavy atom. The van der Waals surface area contributed by atoms with E-state index in [2.05, 4.69) is 11.9 Å². The SMILES string of the molecule is CN1CCN(C(=O)CC2(COc3ccc(Cl)cc3)CCCN(C(=O)c3cn(C)c4ccccc34)C2)CC1. The third kappa shape index (κ3) is 5.63. The Bertz CT molecular complexity index is 1270. The van der Waals surface area contributed by atoms with E-state index in [0.29, 0.717) is 42.5 Å². The zero-order valence-electron chi connectivity index (χ0n) is 21.7. The average Bonchev–Trinajstić information content (AvgIpc) is 3.25. The molecule has 2 amide bonds. The van der Waals surface area contributed by atoms with Gasteiger partial charge in [-0.3, -0.25) is 9.59 Å². The Morgan fingerprint density at radius 2 is 1.68 bits per heavy atom. The molecular formula is C29H35ClN4O3. The molecule has 0 aliphatic carbocycles. The molecule has 2 saturated heterocycles. The molecule has 2 fully saturated rings. The van der Waals surface area contributed by atoms with Crippen molar-refractivity contribution in [2.75, 3.05) is 52.9 Å². The second-order valence-electron chi connectivity index (χ2n) is 10.6. The van der Waals surface area contributed by atoms with Crippen LogP contribution in [0.5, 0.6) is 5.75 Å². The molecule has 1 unspecified atom stereocenters. The van der Waals surface area contributed by atoms with E-state index in [1.54, 1.807) is 12.1 Å². The summed E-state index contributed by atoms with van der Waals surface area (Å²) < 4.78 is 8.24. The molecule has 0 saturated carbocycles. The van der Waals surface area contributed by atoms with Crippen LogP contribution in [0.15, 0.2) is 54.7 Å². The van der Waals surface area contributed by atoms with Crippen LogP contribution in [-0.2, 0) is 11.8 Å². The number of ether oxygens (including phenoxy) is 1. The van der Waals surface area contributed by atoms with Crippen molar-refractivity contribution in [3.8, 4) is 5.75 Å². The molecule has 0 radical (unpaired) electrons. The summed E-state index contributed by atoms with van der Waals surface area (Å²) in [6.07, 6.45) is 3.95. The highest BCUT2D eigenvalue weighted by molar-refractivity contribution is 6.30. The van der Waals surface area contributed by atoms with E-state index in [1.807, 2.05) is 64.0 Å². The molecule has 3 heterocycles. The summed E-state index contributed by atoms with van der Waals surface area (Å²) >= 11 is 6.05. The van der Waals surface area contributed by atoms with E-state index in [0.717, 1.165) is 49.9 Å². The molecule has 7 nitrogen and oxygen atoms in total. The zero-order valence-corrected chi connectivity index (χ0v) is 22.4. The maximum atomic E-state index is 13.8. The number of aromatic nitrogens is 1. The molecule has 8 heteroatoms. The number of carbonyl (C=O) groups excluding carboxylic acids is 2. The molecule has 2 aromatic carbocycles. The summed E-state index contributed by atoms with van der Waals surface area (Å²) in [6, 6.07) is 15.3. The fourth-order valence-corrected chi connectivity index (χ4v) is 5.76. The molecule has 0 bridgehead atoms. The zero-order chi connectivity index (χ0) is 26.0. The van der Waals surface area contributed by atoms with Gasteiger partial charge < -0.3 is 24.0 Å². The predicted octanol–water partition coefficient (Wildman–Crippen LogP) is 4.30. The Balaban J connectivity index is 1.38. The van der Waals surface area contributed by atoms with Crippen molar-refractivity contribution in [1.29, 1.82) is 0 Å². The number of likely N-dealkylation sites (tertiary alicyclic amines) is 1. The average molecular weight is 523 g/mol. The first-order valence-electron chi connectivity index (χ1n) is 13.0. The smallest absolute Gasteiger partial charge is 0.256 e. The molecule has 196 valence electrons. The van der Waals surface area contributed by atoms with E-state index < -0.39 is 5.41 Å². The number of piperazine rings is 1. The lowest BCUT2D eigenvalue weighted by molar-refractivity contribution is -0.137. The third-order valence-corrected chi connectivity index (χ3v) is 8.07. The normalized spacial score (nSPS) is 20.8. The molecule has 37 heavy (non-hydrogen) atoms. The van der Waals surface area contributed by atoms with E-state index in [4.69, 9.17) is 16.3 Å². The number of nitrogens with zero attached hydrogens (tertiary/aromatic N) is 4. The minimum Gasteiger partial charge on any atom is -0.493 e. The summed E-state index contributed by atoms with van der Waals surface area (Å²) in [7, 11) is 4.05. The van der Waals surface area contributed by atoms with E-state index in [9.17, 15) is 9.59 Å². The topological polar surface area (TPSA) is 58.0 Å². The number of hydrogen-bond donors (Lipinski definition) is 0. The van der Waals surface area contributed by atoms with Gasteiger partial charge >= 0.3 is 0 Å². The van der Waals surface area contributed by atoms with Crippen LogP contribution in [0.1, 0.15) is 29.6 Å². The van der Waals surface area contributed by atoms with Crippen LogP contribution < -0.4 is 4.74 Å². The molecule has 0 N–H and O–H groups in total. The molecule has 5 rings (SSSR count). The molecule has 1 atom stereocenters. The van der Waals surface area contributed by atoms with Gasteiger partial charge in [-0.15, -0.1) is 0 Å². The second kappa shape index (κ2) is 10.8. The minimum absolute atomic E-state index is 0.0133. The lowest BCUT2D eigenvalue weighted by Crippen LogP contribution is -2.53. The Labute approximate surface area is 223 Å². The van der Waals surface area contributed by atoms with Gasteiger partial charge in [-0.25, -0.2) is 0 Å². The van der Waals surface area contributed by atoms with Gasteiger partial charge in [-0.2, -0.15) is 0 Å². The number of benzene rings is 2. The van der Waals surface area contributed by atoms with Gasteiger partial charge in [0.25, 0.3) is 5.91 Å². The van der Waals surface area contributed by atoms with Gasteiger partial charge in [0.1, 0.15) is 5.75 Å². The quantitative estimate of drug-likeness (QED) is 0.484. The highest BCUT2D eigenvalue weighted by atomic mass is 35.5. The first kappa shape index (κ1) is 25.6. The number of rotatable bonds is 6. The molecule has 1 aromatic heterocycles. The van der Waals surface area contributed by atoms with Gasteiger partial charge in [0.2, 0.25) is 5.91 Å². The number of aryl methyl sites for hydroxylation is 1. The van der Waals surface area contributed by atoms with Crippen molar-refractivity contribution in [2.45, 2.75) is 19.3 Å². The van der Waals surface area contributed by atoms with E-state index >= 15 is 0 Å². The first-order chi connectivity index (χ1) is 17.8. The fourth-order valence-electron chi connectivity index (χ4n) is 5.63. The van der Waals surface area contributed by atoms with Crippen LogP contribution in [0, 0.1) is 5.41 Å². The number of amides is 2. The Hall–Kier alpha value is -3.03. The fraction of sp³-hybridized carbons (Fsp3) is 0.448. The standard InChI is InChI=1S/C29H35ClN4O3/c1-31-14-16-33(17-15-31)27(35)18-29(21-37-23-10-8-22(30)9-11-23)12-5-13-34(20-29)28(36)25-19-32(2)26-7-4-3-6-24(25)26/h3-4,6-11,19H,5,12-18,20-21H2,1-2H3. The van der Waals surface area contributed by atoms with Crippen molar-refractivity contribution in [2.24, 2.45) is 12.5 Å². The van der Waals surface area contributed by atoms with Gasteiger partial charge in [0, 0.05) is 80.3 Å². The van der Waals surface area contributed by atoms with Crippen LogP contribution in [0.2, 0.25) is 5.02 Å². The summed E-state index contributed by atoms with van der Waals surface area (Å²) in [4.78, 5) is 33.4. The Kier molecular flexibility index (Phi) is 7.45. The van der Waals surface area contributed by atoms with Crippen LogP contribution in [-0.4, -0.2) is 84.0 Å². The number of likely N-dealkylation sites (N-methyl/N-ethyl adjacent to an activating group) is 1. The van der Waals surface area contributed by atoms with Crippen LogP contribution in [0.4, 0.5) is 0 Å². The van der Waals surface area contributed by atoms with Crippen LogP contribution in [0.25, 0.3) is 10.9 Å². The molecular weight excluding hydrogens is 488 g/mol. The number of carbonyl (C=O) groups is 2. The van der Waals surface area contributed by atoms with Gasteiger partial charge in [0.15, 0.2) is 0 Å². The number of fused-ring (bicyclic) bond motifs is 1. The number of piperidine rings is 1. The van der Waals surface area contributed by atoms with Crippen LogP contribution >= 0.6 is 11.6 Å². The van der Waals surface area contributed by atoms with Gasteiger partial charge in [-0.05, 0) is 50.2 Å². The summed E-state index contributed by atoms with van der Waals surface area (Å²) in [6.45, 7) is 4.77. The summed E-state index contributed by atoms with van der Waals surface area (Å²) in [5, 5.41) is 1.61. The van der Waals surface area contributed by atoms with Gasteiger partial charge in [-0.1, -0.05) is 29.8 Å². The summed E-state index contributed by atoms with van der Waals surface area (Å²) in [5.74, 6) is 0.875. The minimum atomic E-state index is -0.460. The maximum Gasteiger partial charge on any atom is 0.256 e. The number of para-hydroxylation sites is 1. The number of hydrogen-bond acceptors (Lipinski definition) is 4. The first-order valence-corrected chi connectivity index (χ1v) is 13.4. The molecule has 0 spiro atoms. The molecule has 2 aliphatic heterocycles. The second-order valence-corrected chi connectivity index (χ2v) is 11.0. The van der Waals surface area contributed by atoms with Crippen molar-refractivity contribution in [3.63, 3.8) is 0 Å². The summed E-state index contributed by atoms with van der Waals surface area (Å²) in [5.41, 5.74) is 1.28. The largest absolute Gasteiger partial charge is 0.493 e. The van der Waals surface area contributed by atoms with Gasteiger partial charge in [0.05, 0.1) is 12.2 Å². The van der Waals surface area contributed by atoms with Crippen LogP contribution in [0.3, 0.4) is 0 Å². The highest BCUT2D eigenvalue weighted by Crippen LogP contribution is 2.37. The Morgan fingerprint density at radius 1 is 0.946 bits per heavy atom. The number of halogens is 1. The lowest BCUT2D eigenvalue weighted by atomic mass is 9.77. The van der Waals surface area contributed by atoms with E-state index in [-0.39, 0.29) is 11.8 Å². The predicted molar refractivity (Wildman–Crippen MR) is 146 cm³/mol.